The number of aliphatic hydroxyl groups excluding tert-OH is 1. The van der Waals surface area contributed by atoms with Crippen molar-refractivity contribution in [3.8, 4) is 0 Å². The van der Waals surface area contributed by atoms with Crippen LogP contribution in [0, 0.1) is 5.92 Å². The van der Waals surface area contributed by atoms with Crippen molar-refractivity contribution < 1.29 is 14.7 Å². The summed E-state index contributed by atoms with van der Waals surface area (Å²) in [5.41, 5.74) is 3.27. The Labute approximate surface area is 162 Å². The molecule has 0 aliphatic carbocycles. The van der Waals surface area contributed by atoms with Crippen molar-refractivity contribution >= 4 is 0 Å². The van der Waals surface area contributed by atoms with E-state index in [1.165, 1.54) is 19.3 Å². The van der Waals surface area contributed by atoms with Crippen LogP contribution in [0.3, 0.4) is 0 Å². The molecule has 0 saturated carbocycles. The van der Waals surface area contributed by atoms with Gasteiger partial charge in [0, 0.05) is 19.0 Å². The average Bonchev–Trinajstić information content (AvgIpc) is 3.42. The molecule has 6 unspecified atom stereocenters. The highest BCUT2D eigenvalue weighted by Crippen LogP contribution is 2.28. The average molecular weight is 384 g/mol. The SMILES string of the molecule is CN(C)C1CCC(C2NOC([C@H]3CCCN3CC3CCC(CO)O3)N2)CN1. The van der Waals surface area contributed by atoms with Gasteiger partial charge in [-0.15, -0.1) is 0 Å². The first-order chi connectivity index (χ1) is 13.1. The molecule has 4 fully saturated rings. The maximum absolute atomic E-state index is 9.28. The Bertz CT molecular complexity index is 474. The first kappa shape index (κ1) is 20.0. The minimum absolute atomic E-state index is 0.0350. The van der Waals surface area contributed by atoms with Crippen LogP contribution in [0.5, 0.6) is 0 Å². The minimum Gasteiger partial charge on any atom is -0.394 e. The Morgan fingerprint density at radius 3 is 2.67 bits per heavy atom. The molecule has 4 rings (SSSR count). The Hall–Kier alpha value is -0.320. The van der Waals surface area contributed by atoms with E-state index in [0.717, 1.165) is 38.9 Å². The van der Waals surface area contributed by atoms with Gasteiger partial charge in [0.15, 0.2) is 0 Å². The van der Waals surface area contributed by atoms with E-state index in [1.807, 2.05) is 0 Å². The second-order valence-electron chi connectivity index (χ2n) is 8.87. The molecule has 0 aromatic heterocycles. The molecule has 0 amide bonds. The number of hydroxylamine groups is 1. The summed E-state index contributed by atoms with van der Waals surface area (Å²) in [7, 11) is 4.27. The van der Waals surface area contributed by atoms with Gasteiger partial charge >= 0.3 is 0 Å². The third-order valence-electron chi connectivity index (χ3n) is 6.79. The maximum atomic E-state index is 9.28. The van der Waals surface area contributed by atoms with Crippen LogP contribution in [0.25, 0.3) is 0 Å². The molecule has 8 nitrogen and oxygen atoms in total. The van der Waals surface area contributed by atoms with Gasteiger partial charge in [-0.2, -0.15) is 5.48 Å². The van der Waals surface area contributed by atoms with Crippen LogP contribution in [0.2, 0.25) is 0 Å². The monoisotopic (exact) mass is 383 g/mol. The molecule has 4 N–H and O–H groups in total. The smallest absolute Gasteiger partial charge is 0.146 e. The van der Waals surface area contributed by atoms with E-state index in [2.05, 4.69) is 40.0 Å². The van der Waals surface area contributed by atoms with Crippen LogP contribution < -0.4 is 16.1 Å². The number of rotatable bonds is 6. The lowest BCUT2D eigenvalue weighted by molar-refractivity contribution is -0.0427. The molecule has 0 radical (unpaired) electrons. The van der Waals surface area contributed by atoms with Crippen molar-refractivity contribution in [2.75, 3.05) is 40.3 Å². The maximum Gasteiger partial charge on any atom is 0.146 e. The summed E-state index contributed by atoms with van der Waals surface area (Å²) in [6, 6.07) is 0.394. The molecule has 4 aliphatic heterocycles. The molecular weight excluding hydrogens is 346 g/mol. The zero-order chi connectivity index (χ0) is 18.8. The number of hydrogen-bond donors (Lipinski definition) is 4. The summed E-state index contributed by atoms with van der Waals surface area (Å²) in [5, 5.41) is 16.6. The molecule has 4 heterocycles. The largest absolute Gasteiger partial charge is 0.394 e. The lowest BCUT2D eigenvalue weighted by atomic mass is 9.94. The highest BCUT2D eigenvalue weighted by Gasteiger charge is 2.41. The van der Waals surface area contributed by atoms with Gasteiger partial charge in [0.2, 0.25) is 0 Å². The van der Waals surface area contributed by atoms with Crippen LogP contribution in [-0.4, -0.2) is 92.1 Å². The number of likely N-dealkylation sites (tertiary alicyclic amines) is 1. The van der Waals surface area contributed by atoms with Gasteiger partial charge in [0.05, 0.1) is 37.2 Å². The predicted octanol–water partition coefficient (Wildman–Crippen LogP) is -0.345. The second-order valence-corrected chi connectivity index (χ2v) is 8.87. The number of piperidine rings is 1. The highest BCUT2D eigenvalue weighted by molar-refractivity contribution is 4.92. The number of ether oxygens (including phenoxy) is 1. The minimum atomic E-state index is 0.0350. The molecular formula is C19H37N5O3. The molecule has 0 aromatic rings. The Morgan fingerprint density at radius 2 is 1.96 bits per heavy atom. The first-order valence-corrected chi connectivity index (χ1v) is 10.7. The van der Waals surface area contributed by atoms with E-state index < -0.39 is 0 Å². The molecule has 7 atom stereocenters. The van der Waals surface area contributed by atoms with E-state index >= 15 is 0 Å². The fourth-order valence-corrected chi connectivity index (χ4v) is 5.13. The van der Waals surface area contributed by atoms with E-state index in [-0.39, 0.29) is 31.2 Å². The van der Waals surface area contributed by atoms with Crippen molar-refractivity contribution in [1.82, 2.24) is 25.9 Å². The molecule has 4 saturated heterocycles. The van der Waals surface area contributed by atoms with Gasteiger partial charge in [-0.25, -0.2) is 0 Å². The number of nitrogens with zero attached hydrogens (tertiary/aromatic N) is 2. The van der Waals surface area contributed by atoms with E-state index in [1.54, 1.807) is 0 Å². The van der Waals surface area contributed by atoms with Crippen molar-refractivity contribution in [3.63, 3.8) is 0 Å². The molecule has 4 aliphatic rings. The third-order valence-corrected chi connectivity index (χ3v) is 6.79. The lowest BCUT2D eigenvalue weighted by Gasteiger charge is -2.36. The quantitative estimate of drug-likeness (QED) is 0.496. The number of aliphatic hydroxyl groups is 1. The standard InChI is InChI=1S/C19H37N5O3/c1-23(2)17-8-5-13(10-20-17)18-21-19(27-22-18)16-4-3-9-24(16)11-14-6-7-15(12-25)26-14/h13-22,25H,3-12H2,1-2H3/t13?,14?,15?,16-,17?,18?,19?/m1/s1. The van der Waals surface area contributed by atoms with Gasteiger partial charge in [0.25, 0.3) is 0 Å². The molecule has 0 spiro atoms. The lowest BCUT2D eigenvalue weighted by Crippen LogP contribution is -2.54. The molecule has 156 valence electrons. The molecule has 0 aromatic carbocycles. The zero-order valence-electron chi connectivity index (χ0n) is 16.8. The van der Waals surface area contributed by atoms with Crippen molar-refractivity contribution in [3.05, 3.63) is 0 Å². The van der Waals surface area contributed by atoms with Crippen LogP contribution >= 0.6 is 0 Å². The third kappa shape index (κ3) is 4.64. The summed E-state index contributed by atoms with van der Waals surface area (Å²) in [5.74, 6) is 0.546. The summed E-state index contributed by atoms with van der Waals surface area (Å²) >= 11 is 0. The Kier molecular flexibility index (Phi) is 6.66. The Morgan fingerprint density at radius 1 is 1.11 bits per heavy atom. The van der Waals surface area contributed by atoms with E-state index in [4.69, 9.17) is 9.57 Å². The second kappa shape index (κ2) is 9.00. The van der Waals surface area contributed by atoms with Crippen molar-refractivity contribution in [2.24, 2.45) is 5.92 Å². The molecule has 27 heavy (non-hydrogen) atoms. The van der Waals surface area contributed by atoms with Gasteiger partial charge in [-0.3, -0.25) is 20.0 Å². The van der Waals surface area contributed by atoms with Gasteiger partial charge in [-0.05, 0) is 59.2 Å². The van der Waals surface area contributed by atoms with Crippen molar-refractivity contribution in [2.45, 2.75) is 75.3 Å². The van der Waals surface area contributed by atoms with E-state index in [0.29, 0.717) is 18.1 Å². The molecule has 0 bridgehead atoms. The highest BCUT2D eigenvalue weighted by atomic mass is 16.7. The summed E-state index contributed by atoms with van der Waals surface area (Å²) in [6.07, 6.45) is 7.79. The number of nitrogens with one attached hydrogen (secondary N) is 3. The summed E-state index contributed by atoms with van der Waals surface area (Å²) in [6.45, 7) is 3.21. The topological polar surface area (TPSA) is 81.3 Å². The fourth-order valence-electron chi connectivity index (χ4n) is 5.13. The van der Waals surface area contributed by atoms with Gasteiger partial charge < -0.3 is 15.2 Å². The van der Waals surface area contributed by atoms with Crippen LogP contribution in [0.4, 0.5) is 0 Å². The van der Waals surface area contributed by atoms with Gasteiger partial charge in [0.1, 0.15) is 6.23 Å². The Balaban J connectivity index is 1.25. The molecule has 8 heteroatoms. The van der Waals surface area contributed by atoms with Gasteiger partial charge in [-0.1, -0.05) is 0 Å². The van der Waals surface area contributed by atoms with Crippen LogP contribution in [0.15, 0.2) is 0 Å². The first-order valence-electron chi connectivity index (χ1n) is 10.7. The zero-order valence-corrected chi connectivity index (χ0v) is 16.8. The fraction of sp³-hybridized carbons (Fsp3) is 1.00. The summed E-state index contributed by atoms with van der Waals surface area (Å²) in [4.78, 5) is 10.8. The normalized spacial score (nSPS) is 43.8. The van der Waals surface area contributed by atoms with Crippen molar-refractivity contribution in [1.29, 1.82) is 0 Å². The van der Waals surface area contributed by atoms with Crippen LogP contribution in [-0.2, 0) is 9.57 Å². The van der Waals surface area contributed by atoms with Crippen LogP contribution in [0.1, 0.15) is 38.5 Å². The summed E-state index contributed by atoms with van der Waals surface area (Å²) < 4.78 is 5.95. The van der Waals surface area contributed by atoms with E-state index in [9.17, 15) is 5.11 Å². The number of hydrogen-bond acceptors (Lipinski definition) is 8. The predicted molar refractivity (Wildman–Crippen MR) is 103 cm³/mol.